The highest BCUT2D eigenvalue weighted by molar-refractivity contribution is 5.98. The van der Waals surface area contributed by atoms with Crippen molar-refractivity contribution in [2.24, 2.45) is 0 Å². The summed E-state index contributed by atoms with van der Waals surface area (Å²) in [4.78, 5) is 28.8. The highest BCUT2D eigenvalue weighted by Gasteiger charge is 2.16. The van der Waals surface area contributed by atoms with Crippen LogP contribution in [0.5, 0.6) is 11.5 Å². The molecule has 1 N–H and O–H groups in total. The molecule has 0 aliphatic carbocycles. The minimum Gasteiger partial charge on any atom is -0.486 e. The molecular formula is C21H21N3O4. The number of Topliss-reactive ketones (excluding diaryl/α,β-unsaturated/α-hetero) is 1. The van der Waals surface area contributed by atoms with Crippen LogP contribution in [0.1, 0.15) is 29.0 Å². The number of imidazole rings is 1. The minimum atomic E-state index is -0.147. The maximum atomic E-state index is 12.4. The van der Waals surface area contributed by atoms with Gasteiger partial charge in [0.2, 0.25) is 5.91 Å². The van der Waals surface area contributed by atoms with Gasteiger partial charge >= 0.3 is 0 Å². The lowest BCUT2D eigenvalue weighted by Crippen LogP contribution is -2.26. The van der Waals surface area contributed by atoms with Crippen LogP contribution < -0.4 is 14.8 Å². The zero-order valence-electron chi connectivity index (χ0n) is 15.4. The van der Waals surface area contributed by atoms with Crippen LogP contribution in [0, 0.1) is 0 Å². The van der Waals surface area contributed by atoms with Crippen LogP contribution in [0.2, 0.25) is 0 Å². The Balaban J connectivity index is 1.24. The molecule has 0 fully saturated rings. The van der Waals surface area contributed by atoms with Crippen molar-refractivity contribution < 1.29 is 19.1 Å². The number of carbonyl (C=O) groups is 2. The third-order valence-corrected chi connectivity index (χ3v) is 4.63. The second-order valence-electron chi connectivity index (χ2n) is 6.55. The Kier molecular flexibility index (Phi) is 5.23. The molecule has 144 valence electrons. The van der Waals surface area contributed by atoms with Gasteiger partial charge in [0.05, 0.1) is 11.7 Å². The average molecular weight is 379 g/mol. The van der Waals surface area contributed by atoms with Crippen LogP contribution in [0.3, 0.4) is 0 Å². The van der Waals surface area contributed by atoms with E-state index in [2.05, 4.69) is 10.3 Å². The molecule has 0 bridgehead atoms. The molecule has 3 heterocycles. The smallest absolute Gasteiger partial charge is 0.220 e. The lowest BCUT2D eigenvalue weighted by molar-refractivity contribution is -0.121. The highest BCUT2D eigenvalue weighted by Crippen LogP contribution is 2.31. The van der Waals surface area contributed by atoms with Crippen LogP contribution in [0.4, 0.5) is 0 Å². The maximum absolute atomic E-state index is 12.4. The number of fused-ring (bicyclic) bond motifs is 2. The molecule has 0 spiro atoms. The summed E-state index contributed by atoms with van der Waals surface area (Å²) < 4.78 is 12.9. The maximum Gasteiger partial charge on any atom is 0.220 e. The first-order valence-corrected chi connectivity index (χ1v) is 9.31. The topological polar surface area (TPSA) is 81.9 Å². The van der Waals surface area contributed by atoms with Gasteiger partial charge in [0.25, 0.3) is 0 Å². The van der Waals surface area contributed by atoms with Gasteiger partial charge in [0.15, 0.2) is 17.3 Å². The number of benzene rings is 1. The second-order valence-corrected chi connectivity index (χ2v) is 6.55. The van der Waals surface area contributed by atoms with Gasteiger partial charge < -0.3 is 19.2 Å². The summed E-state index contributed by atoms with van der Waals surface area (Å²) in [7, 11) is 0. The zero-order chi connectivity index (χ0) is 19.3. The number of pyridine rings is 1. The first-order valence-electron chi connectivity index (χ1n) is 9.31. The predicted octanol–water partition coefficient (Wildman–Crippen LogP) is 2.43. The number of carbonyl (C=O) groups excluding carboxylic acids is 2. The predicted molar refractivity (Wildman–Crippen MR) is 103 cm³/mol. The van der Waals surface area contributed by atoms with Gasteiger partial charge in [0.1, 0.15) is 19.0 Å². The summed E-state index contributed by atoms with van der Waals surface area (Å²) in [6.45, 7) is 1.46. The molecule has 1 aromatic carbocycles. The Hall–Kier alpha value is -3.35. The number of ketones is 1. The van der Waals surface area contributed by atoms with E-state index in [4.69, 9.17) is 9.47 Å². The summed E-state index contributed by atoms with van der Waals surface area (Å²) in [6, 6.07) is 11.0. The van der Waals surface area contributed by atoms with Crippen LogP contribution in [-0.4, -0.2) is 40.8 Å². The molecule has 1 aliphatic rings. The van der Waals surface area contributed by atoms with E-state index >= 15 is 0 Å². The molecule has 7 heteroatoms. The third kappa shape index (κ3) is 3.98. The van der Waals surface area contributed by atoms with E-state index in [1.165, 1.54) is 0 Å². The molecular weight excluding hydrogens is 358 g/mol. The SMILES string of the molecule is O=C(CCC(=O)c1ccc2c(c1)OCCO2)NCCc1ncc2ccccn12. The van der Waals surface area contributed by atoms with Crippen molar-refractivity contribution in [3.63, 3.8) is 0 Å². The minimum absolute atomic E-state index is 0.0913. The fraction of sp³-hybridized carbons (Fsp3) is 0.286. The number of ether oxygens (including phenoxy) is 2. The van der Waals surface area contributed by atoms with Crippen molar-refractivity contribution in [3.8, 4) is 11.5 Å². The Morgan fingerprint density at radius 3 is 2.82 bits per heavy atom. The lowest BCUT2D eigenvalue weighted by Gasteiger charge is -2.18. The first kappa shape index (κ1) is 18.0. The molecule has 4 rings (SSSR count). The number of hydrogen-bond donors (Lipinski definition) is 1. The van der Waals surface area contributed by atoms with Crippen molar-refractivity contribution in [1.82, 2.24) is 14.7 Å². The Labute approximate surface area is 162 Å². The number of hydrogen-bond acceptors (Lipinski definition) is 5. The van der Waals surface area contributed by atoms with Crippen LogP contribution in [0.25, 0.3) is 5.52 Å². The monoisotopic (exact) mass is 379 g/mol. The summed E-state index contributed by atoms with van der Waals surface area (Å²) in [5, 5.41) is 2.85. The fourth-order valence-electron chi connectivity index (χ4n) is 3.17. The zero-order valence-corrected chi connectivity index (χ0v) is 15.4. The normalized spacial score (nSPS) is 12.7. The van der Waals surface area contributed by atoms with E-state index in [0.717, 1.165) is 11.3 Å². The molecule has 3 aromatic rings. The van der Waals surface area contributed by atoms with E-state index in [0.29, 0.717) is 43.2 Å². The third-order valence-electron chi connectivity index (χ3n) is 4.63. The van der Waals surface area contributed by atoms with Gasteiger partial charge in [-0.1, -0.05) is 6.07 Å². The summed E-state index contributed by atoms with van der Waals surface area (Å²) >= 11 is 0. The van der Waals surface area contributed by atoms with Gasteiger partial charge in [-0.15, -0.1) is 0 Å². The van der Waals surface area contributed by atoms with Crippen molar-refractivity contribution in [3.05, 3.63) is 60.2 Å². The number of rotatable bonds is 7. The second kappa shape index (κ2) is 8.12. The first-order chi connectivity index (χ1) is 13.7. The van der Waals surface area contributed by atoms with Crippen molar-refractivity contribution in [2.75, 3.05) is 19.8 Å². The standard InChI is InChI=1S/C21H21N3O4/c25-17(15-4-6-18-19(13-15)28-12-11-27-18)5-7-21(26)22-9-8-20-23-14-16-3-1-2-10-24(16)20/h1-4,6,10,13-14H,5,7-9,11-12H2,(H,22,26). The largest absolute Gasteiger partial charge is 0.486 e. The van der Waals surface area contributed by atoms with Crippen LogP contribution in [-0.2, 0) is 11.2 Å². The quantitative estimate of drug-likeness (QED) is 0.638. The van der Waals surface area contributed by atoms with Crippen molar-refractivity contribution in [1.29, 1.82) is 0 Å². The molecule has 0 saturated carbocycles. The Morgan fingerprint density at radius 2 is 1.93 bits per heavy atom. The summed E-state index contributed by atoms with van der Waals surface area (Å²) in [5.74, 6) is 1.88. The molecule has 1 amide bonds. The van der Waals surface area contributed by atoms with Gasteiger partial charge in [0, 0.05) is 37.6 Å². The highest BCUT2D eigenvalue weighted by atomic mass is 16.6. The van der Waals surface area contributed by atoms with Gasteiger partial charge in [-0.25, -0.2) is 4.98 Å². The van der Waals surface area contributed by atoms with E-state index in [9.17, 15) is 9.59 Å². The van der Waals surface area contributed by atoms with E-state index in [1.54, 1.807) is 18.2 Å². The summed E-state index contributed by atoms with van der Waals surface area (Å²) in [5.41, 5.74) is 1.55. The van der Waals surface area contributed by atoms with Gasteiger partial charge in [-0.05, 0) is 30.3 Å². The van der Waals surface area contributed by atoms with Crippen LogP contribution in [0.15, 0.2) is 48.8 Å². The van der Waals surface area contributed by atoms with E-state index in [1.807, 2.05) is 35.0 Å². The molecule has 0 radical (unpaired) electrons. The molecule has 2 aromatic heterocycles. The fourth-order valence-corrected chi connectivity index (χ4v) is 3.17. The van der Waals surface area contributed by atoms with E-state index < -0.39 is 0 Å². The average Bonchev–Trinajstić information content (AvgIpc) is 3.15. The van der Waals surface area contributed by atoms with Gasteiger partial charge in [-0.3, -0.25) is 9.59 Å². The van der Waals surface area contributed by atoms with E-state index in [-0.39, 0.29) is 24.5 Å². The Bertz CT molecular complexity index is 1010. The van der Waals surface area contributed by atoms with Crippen molar-refractivity contribution in [2.45, 2.75) is 19.3 Å². The molecule has 0 atom stereocenters. The number of amides is 1. The molecule has 0 saturated heterocycles. The lowest BCUT2D eigenvalue weighted by atomic mass is 10.1. The molecule has 7 nitrogen and oxygen atoms in total. The van der Waals surface area contributed by atoms with Gasteiger partial charge in [-0.2, -0.15) is 0 Å². The summed E-state index contributed by atoms with van der Waals surface area (Å²) in [6.07, 6.45) is 4.68. The molecule has 1 aliphatic heterocycles. The number of nitrogens with zero attached hydrogens (tertiary/aromatic N) is 2. The Morgan fingerprint density at radius 1 is 1.07 bits per heavy atom. The number of nitrogens with one attached hydrogen (secondary N) is 1. The number of aromatic nitrogens is 2. The molecule has 28 heavy (non-hydrogen) atoms. The van der Waals surface area contributed by atoms with Crippen LogP contribution >= 0.6 is 0 Å². The molecule has 0 unspecified atom stereocenters. The van der Waals surface area contributed by atoms with Crippen molar-refractivity contribution >= 4 is 17.2 Å².